The van der Waals surface area contributed by atoms with E-state index in [1.807, 2.05) is 6.07 Å². The Balaban J connectivity index is 3.43. The Morgan fingerprint density at radius 2 is 1.52 bits per heavy atom. The Hall–Kier alpha value is -3.68. The van der Waals surface area contributed by atoms with Gasteiger partial charge < -0.3 is 14.8 Å². The van der Waals surface area contributed by atoms with E-state index in [1.165, 1.54) is 12.1 Å². The van der Waals surface area contributed by atoms with Gasteiger partial charge in [0, 0.05) is 12.1 Å². The Morgan fingerprint density at radius 3 is 1.96 bits per heavy atom. The average Bonchev–Trinajstić information content (AvgIpc) is 2.57. The number of nitrogens with zero attached hydrogens (tertiary/aromatic N) is 4. The highest BCUT2D eigenvalue weighted by Gasteiger charge is 2.14. The maximum Gasteiger partial charge on any atom is 0.163 e. The van der Waals surface area contributed by atoms with E-state index < -0.39 is 0 Å². The van der Waals surface area contributed by atoms with Gasteiger partial charge in [-0.1, -0.05) is 0 Å². The molecule has 23 heavy (non-hydrogen) atoms. The zero-order chi connectivity index (χ0) is 17.2. The molecule has 0 amide bonds. The molecule has 0 saturated carbocycles. The van der Waals surface area contributed by atoms with Gasteiger partial charge in [0.1, 0.15) is 30.0 Å². The van der Waals surface area contributed by atoms with E-state index in [1.54, 1.807) is 32.1 Å². The first-order valence-corrected chi connectivity index (χ1v) is 6.70. The van der Waals surface area contributed by atoms with Gasteiger partial charge in [-0.25, -0.2) is 0 Å². The van der Waals surface area contributed by atoms with Crippen LogP contribution in [0.3, 0.4) is 0 Å². The summed E-state index contributed by atoms with van der Waals surface area (Å²) in [5, 5.41) is 38.7. The number of ether oxygens (including phenoxy) is 2. The molecule has 0 radical (unpaired) electrons. The maximum absolute atomic E-state index is 9.26. The average molecular weight is 307 g/mol. The smallest absolute Gasteiger partial charge is 0.163 e. The summed E-state index contributed by atoms with van der Waals surface area (Å²) in [7, 11) is 0. The lowest BCUT2D eigenvalue weighted by Gasteiger charge is -2.14. The van der Waals surface area contributed by atoms with E-state index in [2.05, 4.69) is 5.32 Å². The van der Waals surface area contributed by atoms with Crippen molar-refractivity contribution >= 4 is 5.69 Å². The second-order valence-electron chi connectivity index (χ2n) is 4.03. The minimum atomic E-state index is -0.372. The summed E-state index contributed by atoms with van der Waals surface area (Å²) in [6.07, 6.45) is 0. The zero-order valence-electron chi connectivity index (χ0n) is 12.7. The highest BCUT2D eigenvalue weighted by atomic mass is 16.5. The third-order valence-corrected chi connectivity index (χ3v) is 2.65. The second kappa shape index (κ2) is 8.57. The molecule has 7 heteroatoms. The van der Waals surface area contributed by atoms with Crippen molar-refractivity contribution in [3.8, 4) is 35.8 Å². The number of rotatable bonds is 6. The molecule has 1 aromatic carbocycles. The first kappa shape index (κ1) is 17.4. The van der Waals surface area contributed by atoms with Crippen LogP contribution >= 0.6 is 0 Å². The normalized spacial score (nSPS) is 8.61. The monoisotopic (exact) mass is 307 g/mol. The molecule has 0 heterocycles. The van der Waals surface area contributed by atoms with Crippen molar-refractivity contribution in [1.29, 1.82) is 21.0 Å². The van der Waals surface area contributed by atoms with Crippen LogP contribution in [0.2, 0.25) is 0 Å². The molecule has 0 fully saturated rings. The van der Waals surface area contributed by atoms with Gasteiger partial charge in [0.25, 0.3) is 0 Å². The quantitative estimate of drug-likeness (QED) is 0.800. The summed E-state index contributed by atoms with van der Waals surface area (Å²) in [6.45, 7) is 4.38. The summed E-state index contributed by atoms with van der Waals surface area (Å²) in [4.78, 5) is 0. The van der Waals surface area contributed by atoms with Gasteiger partial charge in [-0.15, -0.1) is 0 Å². The van der Waals surface area contributed by atoms with Crippen molar-refractivity contribution in [2.45, 2.75) is 13.8 Å². The van der Waals surface area contributed by atoms with Crippen molar-refractivity contribution in [1.82, 2.24) is 0 Å². The van der Waals surface area contributed by atoms with Gasteiger partial charge >= 0.3 is 0 Å². The topological polar surface area (TPSA) is 126 Å². The first-order chi connectivity index (χ1) is 11.1. The van der Waals surface area contributed by atoms with Crippen LogP contribution in [0.5, 0.6) is 11.5 Å². The van der Waals surface area contributed by atoms with Crippen LogP contribution in [-0.4, -0.2) is 13.2 Å². The fraction of sp³-hybridized carbons (Fsp3) is 0.250. The number of nitriles is 4. The molecular formula is C16H13N5O2. The molecule has 1 rings (SSSR count). The minimum Gasteiger partial charge on any atom is -0.490 e. The van der Waals surface area contributed by atoms with E-state index >= 15 is 0 Å². The van der Waals surface area contributed by atoms with E-state index in [-0.39, 0.29) is 22.5 Å². The first-order valence-electron chi connectivity index (χ1n) is 6.70. The molecule has 0 aliphatic rings. The number of hydrogen-bond acceptors (Lipinski definition) is 7. The SMILES string of the molecule is CCOc1cc(C#N)c(NC(C#N)=C(C#N)C#N)cc1OCC. The van der Waals surface area contributed by atoms with Gasteiger partial charge in [0.05, 0.1) is 24.5 Å². The summed E-state index contributed by atoms with van der Waals surface area (Å²) in [5.41, 5.74) is -0.167. The van der Waals surface area contributed by atoms with Gasteiger partial charge in [0.2, 0.25) is 0 Å². The lowest BCUT2D eigenvalue weighted by Crippen LogP contribution is -2.05. The summed E-state index contributed by atoms with van der Waals surface area (Å²) in [5.74, 6) is 0.795. The third-order valence-electron chi connectivity index (χ3n) is 2.65. The Morgan fingerprint density at radius 1 is 0.957 bits per heavy atom. The van der Waals surface area contributed by atoms with Gasteiger partial charge in [-0.2, -0.15) is 21.0 Å². The van der Waals surface area contributed by atoms with E-state index in [4.69, 9.17) is 25.3 Å². The molecule has 0 saturated heterocycles. The predicted molar refractivity (Wildman–Crippen MR) is 81.0 cm³/mol. The molecule has 7 nitrogen and oxygen atoms in total. The Labute approximate surface area is 134 Å². The van der Waals surface area contributed by atoms with Gasteiger partial charge in [-0.3, -0.25) is 0 Å². The molecule has 0 aliphatic heterocycles. The molecule has 0 atom stereocenters. The third kappa shape index (κ3) is 4.14. The number of hydrogen-bond donors (Lipinski definition) is 1. The van der Waals surface area contributed by atoms with Crippen LogP contribution in [-0.2, 0) is 0 Å². The lowest BCUT2D eigenvalue weighted by atomic mass is 10.1. The molecule has 0 aromatic heterocycles. The van der Waals surface area contributed by atoms with Crippen LogP contribution in [0.15, 0.2) is 23.4 Å². The maximum atomic E-state index is 9.26. The van der Waals surface area contributed by atoms with Crippen molar-refractivity contribution in [3.05, 3.63) is 29.0 Å². The highest BCUT2D eigenvalue weighted by molar-refractivity contribution is 5.69. The summed E-state index contributed by atoms with van der Waals surface area (Å²) < 4.78 is 10.9. The lowest BCUT2D eigenvalue weighted by molar-refractivity contribution is 0.288. The number of nitrogens with one attached hydrogen (secondary N) is 1. The molecule has 0 bridgehead atoms. The van der Waals surface area contributed by atoms with Gasteiger partial charge in [-0.05, 0) is 13.8 Å². The summed E-state index contributed by atoms with van der Waals surface area (Å²) >= 11 is 0. The summed E-state index contributed by atoms with van der Waals surface area (Å²) in [6, 6.07) is 9.94. The highest BCUT2D eigenvalue weighted by Crippen LogP contribution is 2.34. The minimum absolute atomic E-state index is 0.194. The van der Waals surface area contributed by atoms with E-state index in [9.17, 15) is 5.26 Å². The van der Waals surface area contributed by atoms with E-state index in [0.717, 1.165) is 0 Å². The number of benzene rings is 1. The molecule has 0 spiro atoms. The Kier molecular flexibility index (Phi) is 6.47. The molecule has 114 valence electrons. The van der Waals surface area contributed by atoms with Crippen LogP contribution in [0.25, 0.3) is 0 Å². The molecule has 0 aliphatic carbocycles. The van der Waals surface area contributed by atoms with Crippen LogP contribution in [0.1, 0.15) is 19.4 Å². The Bertz CT molecular complexity index is 769. The van der Waals surface area contributed by atoms with Crippen LogP contribution in [0.4, 0.5) is 5.69 Å². The van der Waals surface area contributed by atoms with Crippen LogP contribution < -0.4 is 14.8 Å². The van der Waals surface area contributed by atoms with Crippen LogP contribution in [0, 0.1) is 45.3 Å². The largest absolute Gasteiger partial charge is 0.490 e. The fourth-order valence-electron chi connectivity index (χ4n) is 1.71. The van der Waals surface area contributed by atoms with Gasteiger partial charge in [0.15, 0.2) is 17.1 Å². The second-order valence-corrected chi connectivity index (χ2v) is 4.03. The van der Waals surface area contributed by atoms with Crippen molar-refractivity contribution in [2.24, 2.45) is 0 Å². The van der Waals surface area contributed by atoms with Crippen molar-refractivity contribution in [2.75, 3.05) is 18.5 Å². The number of anilines is 1. The molecular weight excluding hydrogens is 294 g/mol. The fourth-order valence-corrected chi connectivity index (χ4v) is 1.71. The predicted octanol–water partition coefficient (Wildman–Crippen LogP) is 2.59. The molecule has 0 unspecified atom stereocenters. The number of allylic oxidation sites excluding steroid dienone is 2. The molecule has 1 aromatic rings. The van der Waals surface area contributed by atoms with Crippen molar-refractivity contribution < 1.29 is 9.47 Å². The van der Waals surface area contributed by atoms with Crippen molar-refractivity contribution in [3.63, 3.8) is 0 Å². The van der Waals surface area contributed by atoms with E-state index in [0.29, 0.717) is 24.7 Å². The zero-order valence-corrected chi connectivity index (χ0v) is 12.7. The standard InChI is InChI=1S/C16H13N5O2/c1-3-22-15-5-11(7-17)13(6-16(15)23-4-2)21-14(10-20)12(8-18)9-19/h5-6,21H,3-4H2,1-2H3. The molecule has 1 N–H and O–H groups in total.